The minimum atomic E-state index is -1.08. The van der Waals surface area contributed by atoms with Crippen molar-refractivity contribution in [2.24, 2.45) is 5.73 Å². The Balaban J connectivity index is 2.29. The molecule has 7 heteroatoms. The molecule has 2 rings (SSSR count). The number of nitrogens with one attached hydrogen (secondary N) is 1. The Labute approximate surface area is 160 Å². The number of anilines is 1. The van der Waals surface area contributed by atoms with Crippen molar-refractivity contribution >= 4 is 17.7 Å². The van der Waals surface area contributed by atoms with E-state index in [1.54, 1.807) is 37.8 Å². The molecule has 0 unspecified atom stereocenters. The highest BCUT2D eigenvalue weighted by Crippen LogP contribution is 2.32. The van der Waals surface area contributed by atoms with Crippen LogP contribution in [0, 0.1) is 5.82 Å². The van der Waals surface area contributed by atoms with Gasteiger partial charge < -0.3 is 20.7 Å². The van der Waals surface area contributed by atoms with E-state index in [0.29, 0.717) is 37.9 Å². The maximum absolute atomic E-state index is 13.5. The lowest BCUT2D eigenvalue weighted by Gasteiger charge is -2.41. The minimum Gasteiger partial charge on any atom is -0.444 e. The Morgan fingerprint density at radius 1 is 1.26 bits per heavy atom. The predicted molar refractivity (Wildman–Crippen MR) is 103 cm³/mol. The van der Waals surface area contributed by atoms with Crippen LogP contribution in [-0.4, -0.2) is 35.7 Å². The Kier molecular flexibility index (Phi) is 6.46. The van der Waals surface area contributed by atoms with Crippen LogP contribution in [0.1, 0.15) is 53.4 Å². The summed E-state index contributed by atoms with van der Waals surface area (Å²) in [7, 11) is 0. The maximum Gasteiger partial charge on any atom is 0.408 e. The fourth-order valence-electron chi connectivity index (χ4n) is 3.35. The second-order valence-corrected chi connectivity index (χ2v) is 8.07. The average molecular weight is 379 g/mol. The third-order valence-corrected chi connectivity index (χ3v) is 4.73. The summed E-state index contributed by atoms with van der Waals surface area (Å²) in [5.41, 5.74) is 4.85. The van der Waals surface area contributed by atoms with Crippen molar-refractivity contribution in [2.45, 2.75) is 70.6 Å². The molecule has 0 spiro atoms. The number of likely N-dealkylation sites (N-methyl/N-ethyl adjacent to an activating group) is 1. The SMILES string of the molecule is CCN(C(=O)C1(NC(=O)OC(C)(C)C)CCC(N)CC1)c1ccc(F)cc1. The van der Waals surface area contributed by atoms with Crippen LogP contribution in [0.3, 0.4) is 0 Å². The van der Waals surface area contributed by atoms with E-state index in [9.17, 15) is 14.0 Å². The molecule has 0 aliphatic heterocycles. The first kappa shape index (κ1) is 21.2. The number of halogens is 1. The van der Waals surface area contributed by atoms with Crippen molar-refractivity contribution in [3.63, 3.8) is 0 Å². The van der Waals surface area contributed by atoms with Crippen molar-refractivity contribution in [2.75, 3.05) is 11.4 Å². The molecule has 1 aromatic rings. The maximum atomic E-state index is 13.5. The molecule has 1 aliphatic carbocycles. The number of carbonyl (C=O) groups excluding carboxylic acids is 2. The van der Waals surface area contributed by atoms with Gasteiger partial charge in [0.1, 0.15) is 17.0 Å². The van der Waals surface area contributed by atoms with Gasteiger partial charge in [0.05, 0.1) is 0 Å². The van der Waals surface area contributed by atoms with E-state index in [-0.39, 0.29) is 17.8 Å². The Bertz CT molecular complexity index is 662. The van der Waals surface area contributed by atoms with E-state index in [4.69, 9.17) is 10.5 Å². The van der Waals surface area contributed by atoms with Crippen molar-refractivity contribution in [1.82, 2.24) is 5.32 Å². The van der Waals surface area contributed by atoms with Crippen LogP contribution in [-0.2, 0) is 9.53 Å². The van der Waals surface area contributed by atoms with Gasteiger partial charge in [-0.25, -0.2) is 9.18 Å². The monoisotopic (exact) mass is 379 g/mol. The van der Waals surface area contributed by atoms with Crippen LogP contribution in [0.5, 0.6) is 0 Å². The van der Waals surface area contributed by atoms with E-state index in [2.05, 4.69) is 5.32 Å². The highest BCUT2D eigenvalue weighted by Gasteiger charge is 2.45. The first-order valence-electron chi connectivity index (χ1n) is 9.40. The second-order valence-electron chi connectivity index (χ2n) is 8.07. The number of benzene rings is 1. The molecule has 27 heavy (non-hydrogen) atoms. The van der Waals surface area contributed by atoms with E-state index in [1.807, 2.05) is 6.92 Å². The number of hydrogen-bond acceptors (Lipinski definition) is 4. The number of nitrogens with two attached hydrogens (primary N) is 1. The van der Waals surface area contributed by atoms with Crippen LogP contribution in [0.15, 0.2) is 24.3 Å². The Hall–Kier alpha value is -2.15. The fraction of sp³-hybridized carbons (Fsp3) is 0.600. The number of hydrogen-bond donors (Lipinski definition) is 2. The fourth-order valence-corrected chi connectivity index (χ4v) is 3.35. The standard InChI is InChI=1S/C20H30FN3O3/c1-5-24(16-8-6-14(21)7-9-16)17(25)20(12-10-15(22)11-13-20)23-18(26)27-19(2,3)4/h6-9,15H,5,10-13,22H2,1-4H3,(H,23,26). The quantitative estimate of drug-likeness (QED) is 0.840. The number of alkyl carbamates (subject to hydrolysis) is 1. The molecule has 6 nitrogen and oxygen atoms in total. The van der Waals surface area contributed by atoms with Gasteiger partial charge in [0.15, 0.2) is 0 Å². The van der Waals surface area contributed by atoms with Gasteiger partial charge in [-0.2, -0.15) is 0 Å². The molecular weight excluding hydrogens is 349 g/mol. The van der Waals surface area contributed by atoms with Crippen molar-refractivity contribution in [3.05, 3.63) is 30.1 Å². The molecule has 0 bridgehead atoms. The van der Waals surface area contributed by atoms with Gasteiger partial charge in [-0.15, -0.1) is 0 Å². The van der Waals surface area contributed by atoms with Crippen LogP contribution >= 0.6 is 0 Å². The highest BCUT2D eigenvalue weighted by atomic mass is 19.1. The summed E-state index contributed by atoms with van der Waals surface area (Å²) in [6.45, 7) is 7.56. The van der Waals surface area contributed by atoms with E-state index in [0.717, 1.165) is 0 Å². The van der Waals surface area contributed by atoms with Gasteiger partial charge in [0.25, 0.3) is 5.91 Å². The van der Waals surface area contributed by atoms with E-state index >= 15 is 0 Å². The summed E-state index contributed by atoms with van der Waals surface area (Å²) in [5.74, 6) is -0.596. The molecule has 150 valence electrons. The smallest absolute Gasteiger partial charge is 0.408 e. The third kappa shape index (κ3) is 5.42. The number of ether oxygens (including phenoxy) is 1. The van der Waals surface area contributed by atoms with Crippen LogP contribution < -0.4 is 16.0 Å². The van der Waals surface area contributed by atoms with E-state index < -0.39 is 17.2 Å². The van der Waals surface area contributed by atoms with Gasteiger partial charge in [-0.1, -0.05) is 0 Å². The number of carbonyl (C=O) groups is 2. The molecule has 1 fully saturated rings. The zero-order valence-electron chi connectivity index (χ0n) is 16.5. The van der Waals surface area contributed by atoms with Gasteiger partial charge in [-0.3, -0.25) is 4.79 Å². The molecule has 2 amide bonds. The average Bonchev–Trinajstić information content (AvgIpc) is 2.57. The number of amides is 2. The largest absolute Gasteiger partial charge is 0.444 e. The molecular formula is C20H30FN3O3. The normalized spacial score (nSPS) is 22.8. The molecule has 0 saturated heterocycles. The third-order valence-electron chi connectivity index (χ3n) is 4.73. The topological polar surface area (TPSA) is 84.7 Å². The molecule has 0 atom stereocenters. The van der Waals surface area contributed by atoms with Gasteiger partial charge >= 0.3 is 6.09 Å². The zero-order valence-corrected chi connectivity index (χ0v) is 16.5. The summed E-state index contributed by atoms with van der Waals surface area (Å²) in [4.78, 5) is 27.5. The summed E-state index contributed by atoms with van der Waals surface area (Å²) < 4.78 is 18.6. The van der Waals surface area contributed by atoms with Crippen LogP contribution in [0.4, 0.5) is 14.9 Å². The first-order chi connectivity index (χ1) is 12.6. The lowest BCUT2D eigenvalue weighted by molar-refractivity contribution is -0.126. The first-order valence-corrected chi connectivity index (χ1v) is 9.40. The minimum absolute atomic E-state index is 0.00672. The summed E-state index contributed by atoms with van der Waals surface area (Å²) in [6.07, 6.45) is 1.50. The summed E-state index contributed by atoms with van der Waals surface area (Å²) >= 11 is 0. The molecule has 1 aromatic carbocycles. The lowest BCUT2D eigenvalue weighted by atomic mass is 9.78. The summed E-state index contributed by atoms with van der Waals surface area (Å²) in [6, 6.07) is 5.76. The predicted octanol–water partition coefficient (Wildman–Crippen LogP) is 3.34. The van der Waals surface area contributed by atoms with Gasteiger partial charge in [0, 0.05) is 18.3 Å². The van der Waals surface area contributed by atoms with Gasteiger partial charge in [0.2, 0.25) is 0 Å². The summed E-state index contributed by atoms with van der Waals surface area (Å²) in [5, 5.41) is 2.82. The number of nitrogens with zero attached hydrogens (tertiary/aromatic N) is 1. The molecule has 1 saturated carbocycles. The Morgan fingerprint density at radius 2 is 1.81 bits per heavy atom. The van der Waals surface area contributed by atoms with Crippen molar-refractivity contribution in [3.8, 4) is 0 Å². The molecule has 0 radical (unpaired) electrons. The van der Waals surface area contributed by atoms with E-state index in [1.165, 1.54) is 12.1 Å². The molecule has 1 aliphatic rings. The molecule has 0 heterocycles. The van der Waals surface area contributed by atoms with Crippen molar-refractivity contribution in [1.29, 1.82) is 0 Å². The zero-order chi connectivity index (χ0) is 20.2. The van der Waals surface area contributed by atoms with Crippen LogP contribution in [0.25, 0.3) is 0 Å². The second kappa shape index (κ2) is 8.25. The molecule has 0 aromatic heterocycles. The van der Waals surface area contributed by atoms with Gasteiger partial charge in [-0.05, 0) is 77.6 Å². The number of rotatable bonds is 4. The lowest BCUT2D eigenvalue weighted by Crippen LogP contribution is -2.62. The Morgan fingerprint density at radius 3 is 2.30 bits per heavy atom. The molecule has 3 N–H and O–H groups in total. The van der Waals surface area contributed by atoms with Crippen molar-refractivity contribution < 1.29 is 18.7 Å². The highest BCUT2D eigenvalue weighted by molar-refractivity contribution is 6.02. The van der Waals surface area contributed by atoms with Crippen LogP contribution in [0.2, 0.25) is 0 Å².